The molecule has 0 aliphatic rings. The SMILES string of the molecule is CCCCCCCCN(CCOc1ccc(CC(OCC)C(=O)O)cc1)C(=O)Nc1ccc(C(C)C)cc1. The molecule has 2 aromatic rings. The van der Waals surface area contributed by atoms with Crippen molar-refractivity contribution in [2.75, 3.05) is 31.6 Å². The Morgan fingerprint density at radius 1 is 0.895 bits per heavy atom. The van der Waals surface area contributed by atoms with Gasteiger partial charge in [0.05, 0.1) is 6.54 Å². The summed E-state index contributed by atoms with van der Waals surface area (Å²) in [7, 11) is 0. The van der Waals surface area contributed by atoms with Crippen LogP contribution in [-0.4, -0.2) is 54.4 Å². The number of benzene rings is 2. The molecule has 1 atom stereocenters. The molecule has 0 radical (unpaired) electrons. The smallest absolute Gasteiger partial charge is 0.333 e. The van der Waals surface area contributed by atoms with Crippen LogP contribution in [0.15, 0.2) is 48.5 Å². The second-order valence-corrected chi connectivity index (χ2v) is 9.94. The number of aliphatic carboxylic acids is 1. The molecule has 0 aromatic heterocycles. The average Bonchev–Trinajstić information content (AvgIpc) is 2.90. The summed E-state index contributed by atoms with van der Waals surface area (Å²) in [6.07, 6.45) is 6.41. The van der Waals surface area contributed by atoms with Crippen LogP contribution in [0.1, 0.15) is 83.3 Å². The first-order chi connectivity index (χ1) is 18.3. The maximum absolute atomic E-state index is 13.1. The number of amides is 2. The largest absolute Gasteiger partial charge is 0.492 e. The highest BCUT2D eigenvalue weighted by Crippen LogP contribution is 2.18. The number of hydrogen-bond donors (Lipinski definition) is 2. The Morgan fingerprint density at radius 3 is 2.16 bits per heavy atom. The molecule has 38 heavy (non-hydrogen) atoms. The van der Waals surface area contributed by atoms with Crippen molar-refractivity contribution in [2.45, 2.75) is 84.7 Å². The Labute approximate surface area is 228 Å². The monoisotopic (exact) mass is 526 g/mol. The van der Waals surface area contributed by atoms with Crippen LogP contribution in [0.2, 0.25) is 0 Å². The van der Waals surface area contributed by atoms with Crippen LogP contribution in [-0.2, 0) is 16.0 Å². The fourth-order valence-corrected chi connectivity index (χ4v) is 4.18. The van der Waals surface area contributed by atoms with Crippen molar-refractivity contribution in [1.29, 1.82) is 0 Å². The van der Waals surface area contributed by atoms with E-state index in [2.05, 4.69) is 38.2 Å². The lowest BCUT2D eigenvalue weighted by molar-refractivity contribution is -0.149. The number of rotatable bonds is 18. The highest BCUT2D eigenvalue weighted by Gasteiger charge is 2.18. The average molecular weight is 527 g/mol. The van der Waals surface area contributed by atoms with E-state index in [4.69, 9.17) is 9.47 Å². The third-order valence-corrected chi connectivity index (χ3v) is 6.52. The molecular formula is C31H46N2O5. The normalized spacial score (nSPS) is 11.8. The van der Waals surface area contributed by atoms with E-state index in [9.17, 15) is 14.7 Å². The molecule has 2 aromatic carbocycles. The minimum Gasteiger partial charge on any atom is -0.492 e. The lowest BCUT2D eigenvalue weighted by Crippen LogP contribution is -2.38. The van der Waals surface area contributed by atoms with Gasteiger partial charge in [-0.2, -0.15) is 0 Å². The summed E-state index contributed by atoms with van der Waals surface area (Å²) >= 11 is 0. The zero-order valence-corrected chi connectivity index (χ0v) is 23.6. The Hall–Kier alpha value is -3.06. The maximum atomic E-state index is 13.1. The third-order valence-electron chi connectivity index (χ3n) is 6.52. The summed E-state index contributed by atoms with van der Waals surface area (Å²) in [5.74, 6) is 0.159. The molecule has 0 saturated heterocycles. The number of unbranched alkanes of at least 4 members (excludes halogenated alkanes) is 5. The zero-order chi connectivity index (χ0) is 27.8. The summed E-state index contributed by atoms with van der Waals surface area (Å²) in [5.41, 5.74) is 2.89. The molecule has 0 spiro atoms. The summed E-state index contributed by atoms with van der Waals surface area (Å²) in [4.78, 5) is 26.3. The van der Waals surface area contributed by atoms with Crippen LogP contribution >= 0.6 is 0 Å². The number of nitrogens with zero attached hydrogens (tertiary/aromatic N) is 1. The summed E-state index contributed by atoms with van der Waals surface area (Å²) < 4.78 is 11.2. The molecule has 2 amide bonds. The fraction of sp³-hybridized carbons (Fsp3) is 0.548. The number of ether oxygens (including phenoxy) is 2. The van der Waals surface area contributed by atoms with Gasteiger partial charge in [0.2, 0.25) is 0 Å². The molecule has 0 saturated carbocycles. The van der Waals surface area contributed by atoms with Gasteiger partial charge < -0.3 is 24.8 Å². The minimum absolute atomic E-state index is 0.120. The molecule has 1 unspecified atom stereocenters. The Bertz CT molecular complexity index is 944. The van der Waals surface area contributed by atoms with Crippen molar-refractivity contribution in [3.8, 4) is 5.75 Å². The van der Waals surface area contributed by atoms with Gasteiger partial charge >= 0.3 is 12.0 Å². The number of urea groups is 1. The van der Waals surface area contributed by atoms with Crippen molar-refractivity contribution >= 4 is 17.7 Å². The first kappa shape index (κ1) is 31.2. The molecule has 0 aliphatic heterocycles. The number of carboxylic acid groups (broad SMARTS) is 1. The predicted octanol–water partition coefficient (Wildman–Crippen LogP) is 7.12. The van der Waals surface area contributed by atoms with E-state index in [1.54, 1.807) is 6.92 Å². The molecule has 2 rings (SSSR count). The topological polar surface area (TPSA) is 88.1 Å². The van der Waals surface area contributed by atoms with Gasteiger partial charge in [0, 0.05) is 25.3 Å². The van der Waals surface area contributed by atoms with Crippen molar-refractivity contribution < 1.29 is 24.2 Å². The number of carboxylic acids is 1. The quantitative estimate of drug-likeness (QED) is 0.202. The standard InChI is InChI=1S/C31H46N2O5/c1-5-7-8-9-10-11-20-33(31(36)32-27-16-14-26(15-17-27)24(3)4)21-22-38-28-18-12-25(13-19-28)23-29(30(34)35)37-6-2/h12-19,24,29H,5-11,20-23H2,1-4H3,(H,32,36)(H,34,35). The van der Waals surface area contributed by atoms with Crippen molar-refractivity contribution in [3.63, 3.8) is 0 Å². The van der Waals surface area contributed by atoms with Crippen molar-refractivity contribution in [3.05, 3.63) is 59.7 Å². The van der Waals surface area contributed by atoms with E-state index in [-0.39, 0.29) is 6.03 Å². The molecule has 0 aliphatic carbocycles. The molecule has 7 heteroatoms. The molecular weight excluding hydrogens is 480 g/mol. The summed E-state index contributed by atoms with van der Waals surface area (Å²) in [6.45, 7) is 10.2. The number of carbonyl (C=O) groups excluding carboxylic acids is 1. The van der Waals surface area contributed by atoms with E-state index in [1.807, 2.05) is 41.3 Å². The van der Waals surface area contributed by atoms with Gasteiger partial charge in [-0.25, -0.2) is 9.59 Å². The van der Waals surface area contributed by atoms with E-state index in [1.165, 1.54) is 31.2 Å². The summed E-state index contributed by atoms with van der Waals surface area (Å²) in [6, 6.07) is 15.3. The Kier molecular flexibility index (Phi) is 14.3. The fourth-order valence-electron chi connectivity index (χ4n) is 4.18. The van der Waals surface area contributed by atoms with Gasteiger partial charge in [-0.1, -0.05) is 77.1 Å². The van der Waals surface area contributed by atoms with Crippen LogP contribution in [0, 0.1) is 0 Å². The number of carbonyl (C=O) groups is 2. The van der Waals surface area contributed by atoms with Crippen LogP contribution in [0.4, 0.5) is 10.5 Å². The minimum atomic E-state index is -0.966. The lowest BCUT2D eigenvalue weighted by atomic mass is 10.0. The summed E-state index contributed by atoms with van der Waals surface area (Å²) in [5, 5.41) is 12.3. The Balaban J connectivity index is 1.91. The van der Waals surface area contributed by atoms with Gasteiger partial charge in [-0.15, -0.1) is 0 Å². The highest BCUT2D eigenvalue weighted by molar-refractivity contribution is 5.89. The molecule has 7 nitrogen and oxygen atoms in total. The van der Waals surface area contributed by atoms with Crippen LogP contribution in [0.5, 0.6) is 5.75 Å². The predicted molar refractivity (Wildman–Crippen MR) is 153 cm³/mol. The maximum Gasteiger partial charge on any atom is 0.333 e. The van der Waals surface area contributed by atoms with Gasteiger partial charge in [0.25, 0.3) is 0 Å². The molecule has 0 fully saturated rings. The number of hydrogen-bond acceptors (Lipinski definition) is 4. The van der Waals surface area contributed by atoms with E-state index < -0.39 is 12.1 Å². The van der Waals surface area contributed by atoms with Crippen LogP contribution < -0.4 is 10.1 Å². The van der Waals surface area contributed by atoms with Gasteiger partial charge in [0.15, 0.2) is 6.10 Å². The molecule has 0 heterocycles. The van der Waals surface area contributed by atoms with Crippen LogP contribution in [0.25, 0.3) is 0 Å². The first-order valence-corrected chi connectivity index (χ1v) is 14.1. The van der Waals surface area contributed by atoms with Crippen molar-refractivity contribution in [2.24, 2.45) is 0 Å². The van der Waals surface area contributed by atoms with Gasteiger partial charge in [-0.3, -0.25) is 0 Å². The molecule has 2 N–H and O–H groups in total. The molecule has 210 valence electrons. The lowest BCUT2D eigenvalue weighted by Gasteiger charge is -2.23. The van der Waals surface area contributed by atoms with E-state index in [0.717, 1.165) is 24.1 Å². The second kappa shape index (κ2) is 17.4. The van der Waals surface area contributed by atoms with E-state index in [0.29, 0.717) is 44.4 Å². The first-order valence-electron chi connectivity index (χ1n) is 14.1. The molecule has 0 bridgehead atoms. The highest BCUT2D eigenvalue weighted by atomic mass is 16.5. The zero-order valence-electron chi connectivity index (χ0n) is 23.6. The number of nitrogens with one attached hydrogen (secondary N) is 1. The second-order valence-electron chi connectivity index (χ2n) is 9.94. The van der Waals surface area contributed by atoms with Crippen molar-refractivity contribution in [1.82, 2.24) is 4.90 Å². The van der Waals surface area contributed by atoms with Gasteiger partial charge in [-0.05, 0) is 54.7 Å². The van der Waals surface area contributed by atoms with Gasteiger partial charge in [0.1, 0.15) is 12.4 Å². The number of anilines is 1. The van der Waals surface area contributed by atoms with Crippen LogP contribution in [0.3, 0.4) is 0 Å². The Morgan fingerprint density at radius 2 is 1.55 bits per heavy atom. The van der Waals surface area contributed by atoms with E-state index >= 15 is 0 Å². The third kappa shape index (κ3) is 11.5.